The first-order valence-electron chi connectivity index (χ1n) is 7.22. The molecule has 0 saturated carbocycles. The van der Waals surface area contributed by atoms with Crippen LogP contribution in [-0.4, -0.2) is 24.1 Å². The molecule has 0 unspecified atom stereocenters. The normalized spacial score (nSPS) is 16.7. The number of rotatable bonds is 3. The number of fused-ring (bicyclic) bond motifs is 1. The summed E-state index contributed by atoms with van der Waals surface area (Å²) in [5, 5.41) is 8.31. The molecule has 1 fully saturated rings. The number of para-hydroxylation sites is 1. The lowest BCUT2D eigenvalue weighted by Gasteiger charge is -2.25. The Balaban J connectivity index is 1.91. The largest absolute Gasteiger partial charge is 0.381 e. The van der Waals surface area contributed by atoms with E-state index < -0.39 is 0 Å². The predicted octanol–water partition coefficient (Wildman–Crippen LogP) is 2.96. The number of anilines is 1. The van der Waals surface area contributed by atoms with Crippen LogP contribution < -0.4 is 10.6 Å². The van der Waals surface area contributed by atoms with Crippen molar-refractivity contribution in [3.8, 4) is 0 Å². The summed E-state index contributed by atoms with van der Waals surface area (Å²) in [6.45, 7) is 4.39. The quantitative estimate of drug-likeness (QED) is 0.885. The number of hydrogen-bond donors (Lipinski definition) is 2. The summed E-state index contributed by atoms with van der Waals surface area (Å²) in [4.78, 5) is 4.78. The highest BCUT2D eigenvalue weighted by Crippen LogP contribution is 2.23. The molecule has 0 radical (unpaired) electrons. The number of benzene rings is 1. The minimum absolute atomic E-state index is 0.578. The average Bonchev–Trinajstić information content (AvgIpc) is 2.47. The third-order valence-electron chi connectivity index (χ3n) is 3.84. The second-order valence-corrected chi connectivity index (χ2v) is 5.20. The van der Waals surface area contributed by atoms with Crippen molar-refractivity contribution >= 4 is 16.6 Å². The summed E-state index contributed by atoms with van der Waals surface area (Å²) in [6, 6.07) is 11.2. The van der Waals surface area contributed by atoms with E-state index >= 15 is 0 Å². The number of hydrogen-bond acceptors (Lipinski definition) is 3. The van der Waals surface area contributed by atoms with Crippen LogP contribution in [0.4, 0.5) is 5.69 Å². The summed E-state index contributed by atoms with van der Waals surface area (Å²) in [7, 11) is 0. The molecule has 0 amide bonds. The number of piperidine rings is 1. The van der Waals surface area contributed by atoms with Gasteiger partial charge in [0.1, 0.15) is 0 Å². The Morgan fingerprint density at radius 1 is 1.26 bits per heavy atom. The van der Waals surface area contributed by atoms with Crippen LogP contribution in [0.15, 0.2) is 30.3 Å². The van der Waals surface area contributed by atoms with Crippen LogP contribution in [0.1, 0.15) is 25.5 Å². The molecule has 2 N–H and O–H groups in total. The van der Waals surface area contributed by atoms with E-state index in [4.69, 9.17) is 4.98 Å². The molecule has 3 rings (SSSR count). The zero-order chi connectivity index (χ0) is 13.1. The molecule has 1 saturated heterocycles. The second kappa shape index (κ2) is 5.57. The maximum absolute atomic E-state index is 4.78. The molecule has 1 aliphatic heterocycles. The second-order valence-electron chi connectivity index (χ2n) is 5.20. The smallest absolute Gasteiger partial charge is 0.0706 e. The van der Waals surface area contributed by atoms with Gasteiger partial charge in [-0.3, -0.25) is 4.98 Å². The van der Waals surface area contributed by atoms with E-state index in [1.54, 1.807) is 0 Å². The Morgan fingerprint density at radius 2 is 2.05 bits per heavy atom. The van der Waals surface area contributed by atoms with Gasteiger partial charge in [0.2, 0.25) is 0 Å². The molecule has 3 heteroatoms. The topological polar surface area (TPSA) is 37.0 Å². The number of nitrogens with one attached hydrogen (secondary N) is 2. The third kappa shape index (κ3) is 2.71. The van der Waals surface area contributed by atoms with Crippen LogP contribution in [0.2, 0.25) is 0 Å². The van der Waals surface area contributed by atoms with E-state index in [1.165, 1.54) is 29.6 Å². The summed E-state index contributed by atoms with van der Waals surface area (Å²) in [5.41, 5.74) is 3.49. The maximum Gasteiger partial charge on any atom is 0.0706 e. The van der Waals surface area contributed by atoms with E-state index in [-0.39, 0.29) is 0 Å². The third-order valence-corrected chi connectivity index (χ3v) is 3.84. The maximum atomic E-state index is 4.78. The highest BCUT2D eigenvalue weighted by Gasteiger charge is 2.14. The summed E-state index contributed by atoms with van der Waals surface area (Å²) in [5.74, 6) is 0. The first-order valence-corrected chi connectivity index (χ1v) is 7.22. The van der Waals surface area contributed by atoms with Crippen molar-refractivity contribution in [2.75, 3.05) is 18.4 Å². The Bertz CT molecular complexity index is 559. The van der Waals surface area contributed by atoms with Crippen molar-refractivity contribution in [1.82, 2.24) is 10.3 Å². The van der Waals surface area contributed by atoms with E-state index in [1.807, 2.05) is 0 Å². The molecule has 0 bridgehead atoms. The summed E-state index contributed by atoms with van der Waals surface area (Å²) in [6.07, 6.45) is 3.35. The minimum Gasteiger partial charge on any atom is -0.381 e. The van der Waals surface area contributed by atoms with Gasteiger partial charge in [0, 0.05) is 11.4 Å². The van der Waals surface area contributed by atoms with Gasteiger partial charge in [-0.2, -0.15) is 0 Å². The fraction of sp³-hybridized carbons (Fsp3) is 0.438. The molecular weight excluding hydrogens is 234 g/mol. The van der Waals surface area contributed by atoms with Crippen molar-refractivity contribution in [3.63, 3.8) is 0 Å². The highest BCUT2D eigenvalue weighted by atomic mass is 15.0. The Kier molecular flexibility index (Phi) is 3.65. The van der Waals surface area contributed by atoms with Crippen molar-refractivity contribution in [2.45, 2.75) is 32.2 Å². The van der Waals surface area contributed by atoms with Gasteiger partial charge in [0.25, 0.3) is 0 Å². The van der Waals surface area contributed by atoms with Gasteiger partial charge in [0.05, 0.1) is 16.9 Å². The molecule has 2 heterocycles. The Labute approximate surface area is 114 Å². The van der Waals surface area contributed by atoms with E-state index in [0.717, 1.165) is 25.0 Å². The van der Waals surface area contributed by atoms with Gasteiger partial charge in [-0.25, -0.2) is 0 Å². The first-order chi connectivity index (χ1) is 9.36. The molecule has 1 aliphatic rings. The summed E-state index contributed by atoms with van der Waals surface area (Å²) < 4.78 is 0. The standard InChI is InChI=1S/C16H21N3/c1-2-14-16(18-13-7-9-17-10-8-13)11-12-5-3-4-6-15(12)19-14/h3-6,11,13,17-18H,2,7-10H2,1H3. The number of pyridine rings is 1. The molecule has 100 valence electrons. The number of aryl methyl sites for hydroxylation is 1. The SMILES string of the molecule is CCc1nc2ccccc2cc1NC1CCNCC1. The molecule has 0 spiro atoms. The zero-order valence-corrected chi connectivity index (χ0v) is 11.4. The van der Waals surface area contributed by atoms with Crippen LogP contribution in [0.25, 0.3) is 10.9 Å². The molecule has 3 nitrogen and oxygen atoms in total. The lowest BCUT2D eigenvalue weighted by molar-refractivity contribution is 0.479. The number of nitrogens with zero attached hydrogens (tertiary/aromatic N) is 1. The summed E-state index contributed by atoms with van der Waals surface area (Å²) >= 11 is 0. The lowest BCUT2D eigenvalue weighted by atomic mass is 10.1. The van der Waals surface area contributed by atoms with Gasteiger partial charge >= 0.3 is 0 Å². The van der Waals surface area contributed by atoms with Crippen LogP contribution in [-0.2, 0) is 6.42 Å². The van der Waals surface area contributed by atoms with Crippen LogP contribution in [0.3, 0.4) is 0 Å². The molecule has 0 atom stereocenters. The van der Waals surface area contributed by atoms with Crippen molar-refractivity contribution in [1.29, 1.82) is 0 Å². The molecule has 2 aromatic rings. The lowest BCUT2D eigenvalue weighted by Crippen LogP contribution is -2.35. The van der Waals surface area contributed by atoms with Crippen LogP contribution in [0, 0.1) is 0 Å². The minimum atomic E-state index is 0.578. The molecular formula is C16H21N3. The van der Waals surface area contributed by atoms with Crippen molar-refractivity contribution in [2.24, 2.45) is 0 Å². The van der Waals surface area contributed by atoms with Gasteiger partial charge in [-0.05, 0) is 44.5 Å². The monoisotopic (exact) mass is 255 g/mol. The highest BCUT2D eigenvalue weighted by molar-refractivity contribution is 5.82. The van der Waals surface area contributed by atoms with Crippen LogP contribution >= 0.6 is 0 Å². The van der Waals surface area contributed by atoms with Crippen LogP contribution in [0.5, 0.6) is 0 Å². The average molecular weight is 255 g/mol. The molecule has 1 aromatic heterocycles. The van der Waals surface area contributed by atoms with E-state index in [2.05, 4.69) is 47.9 Å². The van der Waals surface area contributed by atoms with Gasteiger partial charge in [-0.1, -0.05) is 25.1 Å². The fourth-order valence-corrected chi connectivity index (χ4v) is 2.74. The number of aromatic nitrogens is 1. The fourth-order valence-electron chi connectivity index (χ4n) is 2.74. The zero-order valence-electron chi connectivity index (χ0n) is 11.4. The Morgan fingerprint density at radius 3 is 2.84 bits per heavy atom. The van der Waals surface area contributed by atoms with Crippen molar-refractivity contribution in [3.05, 3.63) is 36.0 Å². The predicted molar refractivity (Wildman–Crippen MR) is 80.6 cm³/mol. The molecule has 19 heavy (non-hydrogen) atoms. The van der Waals surface area contributed by atoms with E-state index in [9.17, 15) is 0 Å². The van der Waals surface area contributed by atoms with E-state index in [0.29, 0.717) is 6.04 Å². The van der Waals surface area contributed by atoms with Crippen molar-refractivity contribution < 1.29 is 0 Å². The first kappa shape index (κ1) is 12.4. The van der Waals surface area contributed by atoms with Gasteiger partial charge in [0.15, 0.2) is 0 Å². The van der Waals surface area contributed by atoms with Gasteiger partial charge in [-0.15, -0.1) is 0 Å². The van der Waals surface area contributed by atoms with Gasteiger partial charge < -0.3 is 10.6 Å². The molecule has 1 aromatic carbocycles. The molecule has 0 aliphatic carbocycles. The Hall–Kier alpha value is -1.61.